The molecule has 2 atom stereocenters. The molecule has 30 heavy (non-hydrogen) atoms. The van der Waals surface area contributed by atoms with Gasteiger partial charge >= 0.3 is 0 Å². The molecule has 0 aliphatic carbocycles. The number of pyridine rings is 1. The minimum atomic E-state index is -2.75. The average Bonchev–Trinajstić information content (AvgIpc) is 3.02. The largest absolute Gasteiger partial charge is 0.482 e. The Morgan fingerprint density at radius 1 is 1.37 bits per heavy atom. The first-order valence-electron chi connectivity index (χ1n) is 9.38. The number of aryl methyl sites for hydroxylation is 2. The van der Waals surface area contributed by atoms with E-state index in [1.807, 2.05) is 32.0 Å². The molecule has 0 radical (unpaired) electrons. The highest BCUT2D eigenvalue weighted by molar-refractivity contribution is 7.93. The Balaban J connectivity index is 2.05. The number of nitrogens with zero attached hydrogens (tertiary/aromatic N) is 5. The number of aromatic nitrogens is 3. The third-order valence-corrected chi connectivity index (χ3v) is 6.98. The lowest BCUT2D eigenvalue weighted by atomic mass is 10.0. The van der Waals surface area contributed by atoms with Crippen LogP contribution in [0, 0.1) is 18.3 Å². The van der Waals surface area contributed by atoms with E-state index in [1.165, 1.54) is 4.68 Å². The Morgan fingerprint density at radius 3 is 2.87 bits per heavy atom. The van der Waals surface area contributed by atoms with Crippen LogP contribution in [0.25, 0.3) is 11.1 Å². The van der Waals surface area contributed by atoms with Gasteiger partial charge < -0.3 is 10.5 Å². The minimum absolute atomic E-state index is 0.0997. The fraction of sp³-hybridized carbons (Fsp3) is 0.286. The lowest BCUT2D eigenvalue weighted by Gasteiger charge is -2.21. The number of rotatable bonds is 0. The molecule has 2 N–H and O–H groups in total. The SMILES string of the molecule is Cc1ccc2c(c1)[C@@H](C)Oc1cc(cnc1N)-c1c(nn(C)c1C#N)CN=S2(C)=O. The van der Waals surface area contributed by atoms with E-state index in [0.29, 0.717) is 33.2 Å². The molecule has 0 saturated heterocycles. The second kappa shape index (κ2) is 7.15. The van der Waals surface area contributed by atoms with Crippen LogP contribution in [0.3, 0.4) is 0 Å². The van der Waals surface area contributed by atoms with E-state index in [2.05, 4.69) is 20.5 Å². The third kappa shape index (κ3) is 3.29. The van der Waals surface area contributed by atoms with Gasteiger partial charge in [-0.3, -0.25) is 4.68 Å². The monoisotopic (exact) mass is 422 g/mol. The van der Waals surface area contributed by atoms with E-state index in [-0.39, 0.29) is 12.4 Å². The molecule has 0 amide bonds. The Hall–Kier alpha value is -3.38. The van der Waals surface area contributed by atoms with Gasteiger partial charge in [-0.15, -0.1) is 0 Å². The van der Waals surface area contributed by atoms with Gasteiger partial charge in [-0.2, -0.15) is 10.4 Å². The van der Waals surface area contributed by atoms with E-state index in [4.69, 9.17) is 10.5 Å². The van der Waals surface area contributed by atoms with Gasteiger partial charge in [0.05, 0.1) is 26.9 Å². The van der Waals surface area contributed by atoms with Gasteiger partial charge in [0.2, 0.25) is 0 Å². The van der Waals surface area contributed by atoms with Gasteiger partial charge in [-0.1, -0.05) is 17.7 Å². The number of nitriles is 1. The van der Waals surface area contributed by atoms with Crippen molar-refractivity contribution < 1.29 is 8.95 Å². The van der Waals surface area contributed by atoms with E-state index < -0.39 is 15.8 Å². The summed E-state index contributed by atoms with van der Waals surface area (Å²) in [7, 11) is -1.06. The molecular weight excluding hydrogens is 400 g/mol. The second-order valence-corrected chi connectivity index (χ2v) is 9.71. The number of nitrogens with two attached hydrogens (primary N) is 1. The highest BCUT2D eigenvalue weighted by Gasteiger charge is 2.24. The molecule has 4 rings (SSSR count). The van der Waals surface area contributed by atoms with Gasteiger partial charge in [0.1, 0.15) is 17.9 Å². The van der Waals surface area contributed by atoms with Crippen LogP contribution in [-0.2, 0) is 23.3 Å². The van der Waals surface area contributed by atoms with Crippen LogP contribution in [0.5, 0.6) is 5.75 Å². The maximum atomic E-state index is 13.6. The van der Waals surface area contributed by atoms with Crippen molar-refractivity contribution in [1.82, 2.24) is 14.8 Å². The van der Waals surface area contributed by atoms with Crippen LogP contribution in [0.15, 0.2) is 39.7 Å². The number of nitrogen functional groups attached to an aromatic ring is 1. The Bertz CT molecular complexity index is 1330. The number of ether oxygens (including phenoxy) is 1. The molecule has 1 aliphatic heterocycles. The minimum Gasteiger partial charge on any atom is -0.482 e. The zero-order valence-electron chi connectivity index (χ0n) is 17.2. The average molecular weight is 423 g/mol. The lowest BCUT2D eigenvalue weighted by molar-refractivity contribution is 0.224. The van der Waals surface area contributed by atoms with Crippen molar-refractivity contribution in [3.8, 4) is 22.9 Å². The van der Waals surface area contributed by atoms with Crippen molar-refractivity contribution in [2.45, 2.75) is 31.4 Å². The molecule has 0 fully saturated rings. The van der Waals surface area contributed by atoms with Crippen LogP contribution < -0.4 is 10.5 Å². The van der Waals surface area contributed by atoms with Gasteiger partial charge in [0.25, 0.3) is 0 Å². The number of hydrogen-bond acceptors (Lipinski definition) is 7. The number of anilines is 1. The fourth-order valence-corrected chi connectivity index (χ4v) is 5.14. The van der Waals surface area contributed by atoms with Crippen LogP contribution in [-0.4, -0.2) is 25.2 Å². The molecule has 2 aromatic heterocycles. The maximum Gasteiger partial charge on any atom is 0.166 e. The van der Waals surface area contributed by atoms with Gasteiger partial charge in [-0.25, -0.2) is 13.6 Å². The molecule has 1 aromatic carbocycles. The standard InChI is InChI=1S/C21H22N6O2S/c1-12-5-6-19-15(7-12)13(2)29-18-8-14(10-24-21(18)23)20-16(11-25-30(19,4)28)26-27(3)17(20)9-22/h5-8,10,13H,11H2,1-4H3,(H2,23,24)/t13-,30?/m1/s1. The topological polar surface area (TPSA) is 119 Å². The molecule has 2 bridgehead atoms. The smallest absolute Gasteiger partial charge is 0.166 e. The van der Waals surface area contributed by atoms with Crippen LogP contribution in [0.2, 0.25) is 0 Å². The van der Waals surface area contributed by atoms with Gasteiger partial charge in [0, 0.05) is 36.2 Å². The molecule has 8 nitrogen and oxygen atoms in total. The second-order valence-electron chi connectivity index (χ2n) is 7.40. The highest BCUT2D eigenvalue weighted by atomic mass is 32.2. The number of benzene rings is 1. The summed E-state index contributed by atoms with van der Waals surface area (Å²) < 4.78 is 25.8. The Labute approximate surface area is 175 Å². The molecule has 154 valence electrons. The first-order chi connectivity index (χ1) is 14.2. The predicted molar refractivity (Wildman–Crippen MR) is 114 cm³/mol. The summed E-state index contributed by atoms with van der Waals surface area (Å²) in [4.78, 5) is 4.88. The van der Waals surface area contributed by atoms with E-state index in [0.717, 1.165) is 11.1 Å². The molecule has 3 heterocycles. The van der Waals surface area contributed by atoms with Crippen molar-refractivity contribution in [2.24, 2.45) is 11.4 Å². The summed E-state index contributed by atoms with van der Waals surface area (Å²) in [6.07, 6.45) is 2.77. The maximum absolute atomic E-state index is 13.6. The molecule has 1 aliphatic rings. The first-order valence-corrected chi connectivity index (χ1v) is 11.3. The van der Waals surface area contributed by atoms with E-state index >= 15 is 0 Å². The summed E-state index contributed by atoms with van der Waals surface area (Å²) in [6, 6.07) is 9.64. The summed E-state index contributed by atoms with van der Waals surface area (Å²) in [6.45, 7) is 3.95. The van der Waals surface area contributed by atoms with Crippen LogP contribution >= 0.6 is 0 Å². The molecule has 3 aromatic rings. The summed E-state index contributed by atoms with van der Waals surface area (Å²) in [5.41, 5.74) is 10.0. The van der Waals surface area contributed by atoms with Crippen LogP contribution in [0.1, 0.15) is 35.5 Å². The van der Waals surface area contributed by atoms with E-state index in [9.17, 15) is 9.47 Å². The highest BCUT2D eigenvalue weighted by Crippen LogP contribution is 2.36. The van der Waals surface area contributed by atoms with Crippen molar-refractivity contribution in [1.29, 1.82) is 5.26 Å². The summed E-state index contributed by atoms with van der Waals surface area (Å²) in [5.74, 6) is 0.633. The first kappa shape index (κ1) is 19.9. The zero-order chi connectivity index (χ0) is 21.6. The van der Waals surface area contributed by atoms with Crippen molar-refractivity contribution >= 4 is 15.5 Å². The predicted octanol–water partition coefficient (Wildman–Crippen LogP) is 3.35. The van der Waals surface area contributed by atoms with Gasteiger partial charge in [0.15, 0.2) is 11.6 Å². The van der Waals surface area contributed by atoms with Crippen molar-refractivity contribution in [3.63, 3.8) is 0 Å². The summed E-state index contributed by atoms with van der Waals surface area (Å²) >= 11 is 0. The summed E-state index contributed by atoms with van der Waals surface area (Å²) in [5, 5.41) is 14.1. The fourth-order valence-electron chi connectivity index (χ4n) is 3.65. The third-order valence-electron chi connectivity index (χ3n) is 5.17. The number of fused-ring (bicyclic) bond motifs is 5. The van der Waals surface area contributed by atoms with Gasteiger partial charge in [-0.05, 0) is 26.0 Å². The van der Waals surface area contributed by atoms with Crippen molar-refractivity contribution in [3.05, 3.63) is 53.0 Å². The number of hydrogen-bond donors (Lipinski definition) is 1. The molecule has 1 unspecified atom stereocenters. The van der Waals surface area contributed by atoms with E-state index in [1.54, 1.807) is 25.6 Å². The lowest BCUT2D eigenvalue weighted by Crippen LogP contribution is -2.12. The normalized spacial score (nSPS) is 20.4. The Kier molecular flexibility index (Phi) is 4.74. The molecule has 0 saturated carbocycles. The molecular formula is C21H22N6O2S. The van der Waals surface area contributed by atoms with Crippen molar-refractivity contribution in [2.75, 3.05) is 12.0 Å². The van der Waals surface area contributed by atoms with Crippen LogP contribution in [0.4, 0.5) is 5.82 Å². The molecule has 9 heteroatoms. The Morgan fingerprint density at radius 2 is 2.13 bits per heavy atom. The zero-order valence-corrected chi connectivity index (χ0v) is 18.0. The molecule has 0 spiro atoms. The quantitative estimate of drug-likeness (QED) is 0.593.